The summed E-state index contributed by atoms with van der Waals surface area (Å²) in [5, 5.41) is 9.51. The highest BCUT2D eigenvalue weighted by molar-refractivity contribution is 5.76. The molecule has 1 N–H and O–H groups in total. The van der Waals surface area contributed by atoms with Crippen molar-refractivity contribution < 1.29 is 19.4 Å². The maximum atomic E-state index is 11.6. The Morgan fingerprint density at radius 3 is 2.63 bits per heavy atom. The lowest BCUT2D eigenvalue weighted by atomic mass is 10.0. The Morgan fingerprint density at radius 1 is 1.16 bits per heavy atom. The minimum absolute atomic E-state index is 0.209. The van der Waals surface area contributed by atoms with Gasteiger partial charge in [-0.25, -0.2) is 0 Å². The SMILES string of the molecule is O=C(O)C(c1ccc2c(c1)OCO2)N1CCCCC1. The van der Waals surface area contributed by atoms with Crippen LogP contribution in [0.3, 0.4) is 0 Å². The quantitative estimate of drug-likeness (QED) is 0.904. The van der Waals surface area contributed by atoms with Crippen LogP contribution in [0.4, 0.5) is 0 Å². The summed E-state index contributed by atoms with van der Waals surface area (Å²) >= 11 is 0. The van der Waals surface area contributed by atoms with Crippen molar-refractivity contribution in [3.05, 3.63) is 23.8 Å². The minimum atomic E-state index is -0.805. The summed E-state index contributed by atoms with van der Waals surface area (Å²) in [5.41, 5.74) is 0.763. The zero-order valence-corrected chi connectivity index (χ0v) is 10.7. The highest BCUT2D eigenvalue weighted by atomic mass is 16.7. The molecule has 0 bridgehead atoms. The van der Waals surface area contributed by atoms with Gasteiger partial charge in [-0.1, -0.05) is 12.5 Å². The third kappa shape index (κ3) is 2.38. The van der Waals surface area contributed by atoms with E-state index in [1.54, 1.807) is 12.1 Å². The second-order valence-electron chi connectivity index (χ2n) is 4.95. The fourth-order valence-electron chi connectivity index (χ4n) is 2.77. The van der Waals surface area contributed by atoms with E-state index < -0.39 is 12.0 Å². The van der Waals surface area contributed by atoms with E-state index in [0.29, 0.717) is 11.5 Å². The number of carbonyl (C=O) groups is 1. The molecule has 1 fully saturated rings. The third-order valence-electron chi connectivity index (χ3n) is 3.70. The van der Waals surface area contributed by atoms with E-state index in [-0.39, 0.29) is 6.79 Å². The van der Waals surface area contributed by atoms with Gasteiger partial charge in [0.15, 0.2) is 11.5 Å². The molecule has 102 valence electrons. The Balaban J connectivity index is 1.89. The smallest absolute Gasteiger partial charge is 0.325 e. The van der Waals surface area contributed by atoms with Gasteiger partial charge in [0.1, 0.15) is 6.04 Å². The van der Waals surface area contributed by atoms with Gasteiger partial charge in [0.05, 0.1) is 0 Å². The number of carboxylic acids is 1. The second-order valence-corrected chi connectivity index (χ2v) is 4.95. The Morgan fingerprint density at radius 2 is 1.89 bits per heavy atom. The number of rotatable bonds is 3. The van der Waals surface area contributed by atoms with E-state index >= 15 is 0 Å². The van der Waals surface area contributed by atoms with E-state index in [4.69, 9.17) is 9.47 Å². The molecule has 1 unspecified atom stereocenters. The van der Waals surface area contributed by atoms with E-state index in [9.17, 15) is 9.90 Å². The first-order valence-electron chi connectivity index (χ1n) is 6.62. The Labute approximate surface area is 111 Å². The van der Waals surface area contributed by atoms with Crippen molar-refractivity contribution in [1.29, 1.82) is 0 Å². The molecule has 19 heavy (non-hydrogen) atoms. The van der Waals surface area contributed by atoms with Gasteiger partial charge >= 0.3 is 5.97 Å². The van der Waals surface area contributed by atoms with Gasteiger partial charge in [-0.15, -0.1) is 0 Å². The van der Waals surface area contributed by atoms with Crippen LogP contribution in [0.2, 0.25) is 0 Å². The average Bonchev–Trinajstić information content (AvgIpc) is 2.87. The summed E-state index contributed by atoms with van der Waals surface area (Å²) in [6.07, 6.45) is 3.31. The molecule has 1 atom stereocenters. The molecule has 5 heteroatoms. The molecule has 2 aliphatic heterocycles. The topological polar surface area (TPSA) is 59.0 Å². The molecule has 0 radical (unpaired) electrons. The number of hydrogen-bond donors (Lipinski definition) is 1. The lowest BCUT2D eigenvalue weighted by molar-refractivity contribution is -0.144. The van der Waals surface area contributed by atoms with E-state index in [2.05, 4.69) is 0 Å². The lowest BCUT2D eigenvalue weighted by Gasteiger charge is -2.32. The number of hydrogen-bond acceptors (Lipinski definition) is 4. The first kappa shape index (κ1) is 12.3. The van der Waals surface area contributed by atoms with Gasteiger partial charge in [0.25, 0.3) is 0 Å². The first-order valence-corrected chi connectivity index (χ1v) is 6.62. The normalized spacial score (nSPS) is 20.2. The monoisotopic (exact) mass is 263 g/mol. The Bertz CT molecular complexity index is 482. The maximum absolute atomic E-state index is 11.6. The molecular formula is C14H17NO4. The molecular weight excluding hydrogens is 246 g/mol. The Hall–Kier alpha value is -1.75. The van der Waals surface area contributed by atoms with Crippen LogP contribution in [0, 0.1) is 0 Å². The van der Waals surface area contributed by atoms with Crippen molar-refractivity contribution >= 4 is 5.97 Å². The van der Waals surface area contributed by atoms with Crippen LogP contribution in [0.15, 0.2) is 18.2 Å². The number of aliphatic carboxylic acids is 1. The maximum Gasteiger partial charge on any atom is 0.325 e. The van der Waals surface area contributed by atoms with Crippen molar-refractivity contribution in [2.75, 3.05) is 19.9 Å². The van der Waals surface area contributed by atoms with Crippen molar-refractivity contribution in [2.45, 2.75) is 25.3 Å². The first-order chi connectivity index (χ1) is 9.25. The minimum Gasteiger partial charge on any atom is -0.480 e. The fraction of sp³-hybridized carbons (Fsp3) is 0.500. The molecule has 1 aromatic carbocycles. The summed E-state index contributed by atoms with van der Waals surface area (Å²) in [6.45, 7) is 1.89. The van der Waals surface area contributed by atoms with Gasteiger partial charge in [-0.2, -0.15) is 0 Å². The van der Waals surface area contributed by atoms with E-state index in [1.807, 2.05) is 11.0 Å². The largest absolute Gasteiger partial charge is 0.480 e. The molecule has 5 nitrogen and oxygen atoms in total. The van der Waals surface area contributed by atoms with Crippen LogP contribution in [0.1, 0.15) is 30.9 Å². The van der Waals surface area contributed by atoms with Crippen LogP contribution < -0.4 is 9.47 Å². The summed E-state index contributed by atoms with van der Waals surface area (Å²) < 4.78 is 10.6. The number of ether oxygens (including phenoxy) is 2. The zero-order valence-electron chi connectivity index (χ0n) is 10.7. The summed E-state index contributed by atoms with van der Waals surface area (Å²) in [5.74, 6) is 0.521. The van der Waals surface area contributed by atoms with Gasteiger partial charge in [0, 0.05) is 0 Å². The number of likely N-dealkylation sites (tertiary alicyclic amines) is 1. The molecule has 0 aliphatic carbocycles. The number of fused-ring (bicyclic) bond motifs is 1. The molecule has 1 saturated heterocycles. The number of benzene rings is 1. The highest BCUT2D eigenvalue weighted by Crippen LogP contribution is 2.36. The molecule has 3 rings (SSSR count). The van der Waals surface area contributed by atoms with Crippen molar-refractivity contribution in [3.8, 4) is 11.5 Å². The molecule has 1 aromatic rings. The molecule has 0 saturated carbocycles. The van der Waals surface area contributed by atoms with Crippen molar-refractivity contribution in [2.24, 2.45) is 0 Å². The Kier molecular flexibility index (Phi) is 3.29. The van der Waals surface area contributed by atoms with E-state index in [1.165, 1.54) is 6.42 Å². The average molecular weight is 263 g/mol. The van der Waals surface area contributed by atoms with Crippen LogP contribution in [-0.4, -0.2) is 35.9 Å². The fourth-order valence-corrected chi connectivity index (χ4v) is 2.77. The van der Waals surface area contributed by atoms with Gasteiger partial charge in [-0.05, 0) is 43.6 Å². The summed E-state index contributed by atoms with van der Waals surface area (Å²) in [6, 6.07) is 4.81. The molecule has 0 amide bonds. The number of carboxylic acid groups (broad SMARTS) is 1. The van der Waals surface area contributed by atoms with Crippen LogP contribution in [0.25, 0.3) is 0 Å². The van der Waals surface area contributed by atoms with Crippen LogP contribution >= 0.6 is 0 Å². The third-order valence-corrected chi connectivity index (χ3v) is 3.70. The lowest BCUT2D eigenvalue weighted by Crippen LogP contribution is -2.37. The van der Waals surface area contributed by atoms with Crippen LogP contribution in [0.5, 0.6) is 11.5 Å². The van der Waals surface area contributed by atoms with Crippen molar-refractivity contribution in [1.82, 2.24) is 4.90 Å². The van der Waals surface area contributed by atoms with Crippen LogP contribution in [-0.2, 0) is 4.79 Å². The van der Waals surface area contributed by atoms with Gasteiger partial charge in [-0.3, -0.25) is 9.69 Å². The zero-order chi connectivity index (χ0) is 13.2. The standard InChI is InChI=1S/C14H17NO4/c16-14(17)13(15-6-2-1-3-7-15)10-4-5-11-12(8-10)19-9-18-11/h4-5,8,13H,1-3,6-7,9H2,(H,16,17). The summed E-state index contributed by atoms with van der Waals surface area (Å²) in [7, 11) is 0. The molecule has 2 aliphatic rings. The summed E-state index contributed by atoms with van der Waals surface area (Å²) in [4.78, 5) is 13.6. The number of piperidine rings is 1. The van der Waals surface area contributed by atoms with E-state index in [0.717, 1.165) is 31.5 Å². The predicted octanol–water partition coefficient (Wildman–Crippen LogP) is 2.03. The predicted molar refractivity (Wildman–Crippen MR) is 68.4 cm³/mol. The molecule has 2 heterocycles. The molecule has 0 spiro atoms. The highest BCUT2D eigenvalue weighted by Gasteiger charge is 2.29. The second kappa shape index (κ2) is 5.09. The van der Waals surface area contributed by atoms with Gasteiger partial charge in [0.2, 0.25) is 6.79 Å². The molecule has 0 aromatic heterocycles. The number of nitrogens with zero attached hydrogens (tertiary/aromatic N) is 1. The van der Waals surface area contributed by atoms with Gasteiger partial charge < -0.3 is 14.6 Å². The van der Waals surface area contributed by atoms with Crippen molar-refractivity contribution in [3.63, 3.8) is 0 Å².